The molecule has 0 bridgehead atoms. The second-order valence-electron chi connectivity index (χ2n) is 8.32. The number of rotatable bonds is 8. The fourth-order valence-electron chi connectivity index (χ4n) is 4.61. The summed E-state index contributed by atoms with van der Waals surface area (Å²) in [6.07, 6.45) is 4.75. The summed E-state index contributed by atoms with van der Waals surface area (Å²) in [6, 6.07) is 23.3. The van der Waals surface area contributed by atoms with Crippen LogP contribution in [-0.2, 0) is 13.1 Å². The molecule has 32 heavy (non-hydrogen) atoms. The van der Waals surface area contributed by atoms with Crippen molar-refractivity contribution in [3.63, 3.8) is 0 Å². The van der Waals surface area contributed by atoms with Gasteiger partial charge in [0.15, 0.2) is 5.82 Å². The first kappa shape index (κ1) is 21.3. The molecule has 0 spiro atoms. The van der Waals surface area contributed by atoms with Crippen molar-refractivity contribution in [2.75, 3.05) is 0 Å². The minimum absolute atomic E-state index is 0.0536. The number of halogens is 1. The van der Waals surface area contributed by atoms with E-state index in [9.17, 15) is 0 Å². The summed E-state index contributed by atoms with van der Waals surface area (Å²) >= 11 is 8.34. The van der Waals surface area contributed by atoms with Gasteiger partial charge in [0.25, 0.3) is 0 Å². The van der Waals surface area contributed by atoms with Crippen LogP contribution in [0.25, 0.3) is 0 Å². The summed E-state index contributed by atoms with van der Waals surface area (Å²) < 4.78 is 2.09. The Morgan fingerprint density at radius 3 is 2.50 bits per heavy atom. The van der Waals surface area contributed by atoms with Crippen LogP contribution in [0, 0.1) is 0 Å². The largest absolute Gasteiger partial charge is 0.280 e. The average molecular weight is 464 g/mol. The summed E-state index contributed by atoms with van der Waals surface area (Å²) in [4.78, 5) is 3.68. The number of tetrazole rings is 1. The Labute approximate surface area is 197 Å². The maximum absolute atomic E-state index is 6.59. The molecule has 1 aliphatic carbocycles. The van der Waals surface area contributed by atoms with Crippen molar-refractivity contribution in [2.24, 2.45) is 0 Å². The minimum Gasteiger partial charge on any atom is -0.280 e. The highest BCUT2D eigenvalue weighted by atomic mass is 35.5. The van der Waals surface area contributed by atoms with Crippen molar-refractivity contribution < 1.29 is 0 Å². The molecular formula is C25H26ClN5S. The summed E-state index contributed by atoms with van der Waals surface area (Å²) in [5.74, 6) is 0.919. The Hall–Kier alpha value is -2.54. The highest BCUT2D eigenvalue weighted by molar-refractivity contribution is 7.10. The second kappa shape index (κ2) is 9.94. The van der Waals surface area contributed by atoms with Crippen LogP contribution in [0.5, 0.6) is 0 Å². The van der Waals surface area contributed by atoms with Gasteiger partial charge in [-0.05, 0) is 51.9 Å². The molecule has 7 heteroatoms. The van der Waals surface area contributed by atoms with Crippen molar-refractivity contribution in [1.82, 2.24) is 25.1 Å². The normalized spacial score (nSPS) is 15.4. The number of thiophene rings is 1. The van der Waals surface area contributed by atoms with Crippen LogP contribution in [0.15, 0.2) is 72.1 Å². The van der Waals surface area contributed by atoms with Gasteiger partial charge in [-0.25, -0.2) is 4.68 Å². The molecule has 164 valence electrons. The lowest BCUT2D eigenvalue weighted by Gasteiger charge is -2.31. The predicted octanol–water partition coefficient (Wildman–Crippen LogP) is 6.29. The molecule has 2 heterocycles. The third-order valence-electron chi connectivity index (χ3n) is 6.17. The van der Waals surface area contributed by atoms with Crippen molar-refractivity contribution >= 4 is 22.9 Å². The topological polar surface area (TPSA) is 46.8 Å². The lowest BCUT2D eigenvalue weighted by atomic mass is 10.1. The van der Waals surface area contributed by atoms with E-state index in [1.165, 1.54) is 23.3 Å². The van der Waals surface area contributed by atoms with E-state index in [2.05, 4.69) is 79.0 Å². The number of benzene rings is 2. The summed E-state index contributed by atoms with van der Waals surface area (Å²) in [5.41, 5.74) is 2.35. The first-order valence-corrected chi connectivity index (χ1v) is 12.4. The van der Waals surface area contributed by atoms with E-state index in [0.29, 0.717) is 12.6 Å². The lowest BCUT2D eigenvalue weighted by Crippen LogP contribution is -2.31. The van der Waals surface area contributed by atoms with Gasteiger partial charge >= 0.3 is 0 Å². The number of hydrogen-bond donors (Lipinski definition) is 0. The molecule has 1 saturated carbocycles. The van der Waals surface area contributed by atoms with Crippen LogP contribution in [0.2, 0.25) is 5.02 Å². The van der Waals surface area contributed by atoms with Gasteiger partial charge in [-0.15, -0.1) is 16.4 Å². The van der Waals surface area contributed by atoms with Crippen LogP contribution < -0.4 is 0 Å². The highest BCUT2D eigenvalue weighted by Gasteiger charge is 2.32. The van der Waals surface area contributed by atoms with Gasteiger partial charge in [0.1, 0.15) is 6.04 Å². The Morgan fingerprint density at radius 1 is 0.969 bits per heavy atom. The first-order chi connectivity index (χ1) is 15.8. The second-order valence-corrected chi connectivity index (χ2v) is 9.71. The maximum Gasteiger partial charge on any atom is 0.174 e. The molecule has 0 N–H and O–H groups in total. The van der Waals surface area contributed by atoms with Crippen LogP contribution in [-0.4, -0.2) is 25.1 Å². The van der Waals surface area contributed by atoms with Crippen LogP contribution in [0.1, 0.15) is 59.6 Å². The molecule has 1 aliphatic rings. The third-order valence-corrected chi connectivity index (χ3v) is 7.46. The zero-order valence-corrected chi connectivity index (χ0v) is 19.4. The molecule has 5 nitrogen and oxygen atoms in total. The zero-order chi connectivity index (χ0) is 21.8. The van der Waals surface area contributed by atoms with Gasteiger partial charge in [0.2, 0.25) is 0 Å². The van der Waals surface area contributed by atoms with E-state index in [1.807, 2.05) is 18.2 Å². The van der Waals surface area contributed by atoms with Gasteiger partial charge in [-0.1, -0.05) is 79.0 Å². The molecule has 2 aromatic heterocycles. The van der Waals surface area contributed by atoms with Gasteiger partial charge in [0.05, 0.1) is 6.04 Å². The molecule has 0 unspecified atom stereocenters. The summed E-state index contributed by atoms with van der Waals surface area (Å²) in [5, 5.41) is 16.1. The van der Waals surface area contributed by atoms with Gasteiger partial charge in [0, 0.05) is 23.0 Å². The van der Waals surface area contributed by atoms with Crippen molar-refractivity contribution in [3.05, 3.63) is 99.0 Å². The molecular weight excluding hydrogens is 438 g/mol. The molecule has 0 saturated heterocycles. The molecule has 0 radical (unpaired) electrons. The number of aromatic nitrogens is 4. The van der Waals surface area contributed by atoms with Gasteiger partial charge in [-0.3, -0.25) is 4.90 Å². The summed E-state index contributed by atoms with van der Waals surface area (Å²) in [7, 11) is 0. The van der Waals surface area contributed by atoms with Crippen LogP contribution in [0.4, 0.5) is 0 Å². The Kier molecular flexibility index (Phi) is 6.62. The quantitative estimate of drug-likeness (QED) is 0.308. The molecule has 0 amide bonds. The van der Waals surface area contributed by atoms with Gasteiger partial charge in [-0.2, -0.15) is 0 Å². The first-order valence-electron chi connectivity index (χ1n) is 11.1. The standard InChI is InChI=1S/C25H26ClN5S/c26-22-14-7-4-11-20(22)18-30(17-19-9-2-1-3-10-19)24(23-15-8-16-32-23)25-27-28-29-31(25)21-12-5-6-13-21/h1-4,7-11,14-16,21,24H,5-6,12-13,17-18H2/t24-/m0/s1. The highest BCUT2D eigenvalue weighted by Crippen LogP contribution is 2.37. The van der Waals surface area contributed by atoms with Gasteiger partial charge < -0.3 is 0 Å². The Balaban J connectivity index is 1.58. The SMILES string of the molecule is Clc1ccccc1CN(Cc1ccccc1)[C@@H](c1cccs1)c1nnnn1C1CCCC1. The summed E-state index contributed by atoms with van der Waals surface area (Å²) in [6.45, 7) is 1.47. The van der Waals surface area contributed by atoms with Crippen LogP contribution >= 0.6 is 22.9 Å². The smallest absolute Gasteiger partial charge is 0.174 e. The fraction of sp³-hybridized carbons (Fsp3) is 0.320. The van der Waals surface area contributed by atoms with E-state index in [4.69, 9.17) is 11.6 Å². The molecule has 4 aromatic rings. The molecule has 2 aromatic carbocycles. The predicted molar refractivity (Wildman–Crippen MR) is 129 cm³/mol. The molecule has 1 fully saturated rings. The number of hydrogen-bond acceptors (Lipinski definition) is 5. The monoisotopic (exact) mass is 463 g/mol. The van der Waals surface area contributed by atoms with E-state index in [0.717, 1.165) is 35.8 Å². The van der Waals surface area contributed by atoms with Crippen molar-refractivity contribution in [1.29, 1.82) is 0 Å². The lowest BCUT2D eigenvalue weighted by molar-refractivity contribution is 0.194. The van der Waals surface area contributed by atoms with Crippen molar-refractivity contribution in [3.8, 4) is 0 Å². The minimum atomic E-state index is -0.0536. The van der Waals surface area contributed by atoms with E-state index in [1.54, 1.807) is 11.3 Å². The molecule has 5 rings (SSSR count). The fourth-order valence-corrected chi connectivity index (χ4v) is 5.66. The Bertz CT molecular complexity index is 1120. The zero-order valence-electron chi connectivity index (χ0n) is 17.8. The van der Waals surface area contributed by atoms with Crippen molar-refractivity contribution in [2.45, 2.75) is 50.9 Å². The molecule has 0 aliphatic heterocycles. The van der Waals surface area contributed by atoms with E-state index >= 15 is 0 Å². The Morgan fingerprint density at radius 2 is 1.75 bits per heavy atom. The van der Waals surface area contributed by atoms with Crippen LogP contribution in [0.3, 0.4) is 0 Å². The average Bonchev–Trinajstić information content (AvgIpc) is 3.59. The van der Waals surface area contributed by atoms with E-state index < -0.39 is 0 Å². The number of nitrogens with zero attached hydrogens (tertiary/aromatic N) is 5. The molecule has 1 atom stereocenters. The van der Waals surface area contributed by atoms with E-state index in [-0.39, 0.29) is 6.04 Å². The maximum atomic E-state index is 6.59. The third kappa shape index (κ3) is 4.63.